The average molecular weight is 203 g/mol. The number of rotatable bonds is 1. The van der Waals surface area contributed by atoms with E-state index in [-0.39, 0.29) is 5.82 Å². The van der Waals surface area contributed by atoms with E-state index in [2.05, 4.69) is 12.3 Å². The average Bonchev–Trinajstić information content (AvgIpc) is 2.84. The van der Waals surface area contributed by atoms with E-state index in [1.54, 1.807) is 6.20 Å². The fourth-order valence-corrected chi connectivity index (χ4v) is 2.59. The zero-order valence-corrected chi connectivity index (χ0v) is 8.62. The molecule has 0 amide bonds. The van der Waals surface area contributed by atoms with Crippen molar-refractivity contribution in [2.24, 2.45) is 0 Å². The quantitative estimate of drug-likeness (QED) is 0.665. The lowest BCUT2D eigenvalue weighted by molar-refractivity contribution is 0.619. The Morgan fingerprint density at radius 3 is 2.73 bits per heavy atom. The molecule has 0 atom stereocenters. The molecule has 1 aliphatic rings. The molecule has 0 aromatic carbocycles. The first-order valence-corrected chi connectivity index (χ1v) is 5.60. The molecule has 0 N–H and O–H groups in total. The summed E-state index contributed by atoms with van der Waals surface area (Å²) in [5.74, 6) is 0.532. The first-order chi connectivity index (χ1) is 7.33. The van der Waals surface area contributed by atoms with Gasteiger partial charge in [0.2, 0.25) is 0 Å². The maximum Gasteiger partial charge on any atom is 0.139 e. The first kappa shape index (κ1) is 8.96. The van der Waals surface area contributed by atoms with Gasteiger partial charge in [0, 0.05) is 17.9 Å². The Hall–Kier alpha value is -1.31. The molecule has 1 saturated carbocycles. The monoisotopic (exact) mass is 203 g/mol. The lowest BCUT2D eigenvalue weighted by Crippen LogP contribution is -1.88. The summed E-state index contributed by atoms with van der Waals surface area (Å²) < 4.78 is 14.9. The third kappa shape index (κ3) is 1.54. The predicted molar refractivity (Wildman–Crippen MR) is 58.6 cm³/mol. The van der Waals surface area contributed by atoms with E-state index in [0.29, 0.717) is 5.92 Å². The molecule has 0 spiro atoms. The summed E-state index contributed by atoms with van der Waals surface area (Å²) in [6.07, 6.45) is 8.89. The molecule has 0 bridgehead atoms. The fourth-order valence-electron chi connectivity index (χ4n) is 2.59. The molecule has 1 fully saturated rings. The summed E-state index contributed by atoms with van der Waals surface area (Å²) in [5, 5.41) is 0. The van der Waals surface area contributed by atoms with Crippen molar-refractivity contribution in [1.82, 2.24) is 4.40 Å². The summed E-state index contributed by atoms with van der Waals surface area (Å²) in [7, 11) is 0. The van der Waals surface area contributed by atoms with E-state index in [1.165, 1.54) is 37.3 Å². The van der Waals surface area contributed by atoms with Crippen molar-refractivity contribution in [2.45, 2.75) is 31.6 Å². The SMILES string of the molecule is Fc1ccc2cc(C3CCCC3)cn2c1. The number of fused-ring (bicyclic) bond motifs is 1. The predicted octanol–water partition coefficient (Wildman–Crippen LogP) is 3.74. The number of halogens is 1. The molecule has 2 heteroatoms. The van der Waals surface area contributed by atoms with Crippen LogP contribution in [0, 0.1) is 5.82 Å². The van der Waals surface area contributed by atoms with Gasteiger partial charge in [-0.05, 0) is 42.5 Å². The topological polar surface area (TPSA) is 4.41 Å². The van der Waals surface area contributed by atoms with Gasteiger partial charge >= 0.3 is 0 Å². The van der Waals surface area contributed by atoms with Crippen LogP contribution in [0.1, 0.15) is 37.2 Å². The minimum absolute atomic E-state index is 0.170. The van der Waals surface area contributed by atoms with Crippen LogP contribution in [0.3, 0.4) is 0 Å². The van der Waals surface area contributed by atoms with E-state index in [1.807, 2.05) is 10.5 Å². The van der Waals surface area contributed by atoms with Gasteiger partial charge in [-0.3, -0.25) is 0 Å². The second-order valence-corrected chi connectivity index (χ2v) is 4.43. The number of hydrogen-bond acceptors (Lipinski definition) is 0. The minimum Gasteiger partial charge on any atom is -0.321 e. The number of nitrogens with zero attached hydrogens (tertiary/aromatic N) is 1. The molecule has 0 saturated heterocycles. The Kier molecular flexibility index (Phi) is 2.01. The fraction of sp³-hybridized carbons (Fsp3) is 0.385. The Bertz CT molecular complexity index is 480. The van der Waals surface area contributed by atoms with Crippen molar-refractivity contribution in [3.8, 4) is 0 Å². The van der Waals surface area contributed by atoms with E-state index >= 15 is 0 Å². The minimum atomic E-state index is -0.170. The maximum absolute atomic E-state index is 13.0. The molecule has 0 unspecified atom stereocenters. The molecule has 2 aromatic rings. The second kappa shape index (κ2) is 3.37. The zero-order valence-electron chi connectivity index (χ0n) is 8.62. The number of hydrogen-bond donors (Lipinski definition) is 0. The lowest BCUT2D eigenvalue weighted by atomic mass is 10.0. The van der Waals surface area contributed by atoms with Gasteiger partial charge in [-0.15, -0.1) is 0 Å². The van der Waals surface area contributed by atoms with Crippen LogP contribution >= 0.6 is 0 Å². The standard InChI is InChI=1S/C13H14FN/c14-12-5-6-13-7-11(8-15(13)9-12)10-3-1-2-4-10/h5-10H,1-4H2. The third-order valence-electron chi connectivity index (χ3n) is 3.40. The van der Waals surface area contributed by atoms with Gasteiger partial charge in [0.1, 0.15) is 5.82 Å². The molecule has 15 heavy (non-hydrogen) atoms. The highest BCUT2D eigenvalue weighted by molar-refractivity contribution is 5.51. The van der Waals surface area contributed by atoms with Crippen molar-refractivity contribution in [3.05, 3.63) is 42.0 Å². The smallest absolute Gasteiger partial charge is 0.139 e. The number of aromatic nitrogens is 1. The van der Waals surface area contributed by atoms with E-state index in [0.717, 1.165) is 5.52 Å². The Morgan fingerprint density at radius 2 is 1.93 bits per heavy atom. The molecular formula is C13H14FN. The third-order valence-corrected chi connectivity index (χ3v) is 3.40. The highest BCUT2D eigenvalue weighted by atomic mass is 19.1. The molecule has 1 aliphatic carbocycles. The Morgan fingerprint density at radius 1 is 1.13 bits per heavy atom. The molecule has 2 heterocycles. The van der Waals surface area contributed by atoms with Gasteiger partial charge in [-0.1, -0.05) is 12.8 Å². The highest BCUT2D eigenvalue weighted by Crippen LogP contribution is 2.34. The summed E-state index contributed by atoms with van der Waals surface area (Å²) in [6.45, 7) is 0. The van der Waals surface area contributed by atoms with Crippen LogP contribution in [0.15, 0.2) is 30.6 Å². The molecule has 0 aliphatic heterocycles. The molecule has 78 valence electrons. The van der Waals surface area contributed by atoms with Crippen LogP contribution in [0.5, 0.6) is 0 Å². The summed E-state index contributed by atoms with van der Waals surface area (Å²) in [6, 6.07) is 5.55. The molecule has 1 nitrogen and oxygen atoms in total. The van der Waals surface area contributed by atoms with Crippen LogP contribution in [0.25, 0.3) is 5.52 Å². The second-order valence-electron chi connectivity index (χ2n) is 4.43. The number of pyridine rings is 1. The zero-order chi connectivity index (χ0) is 10.3. The van der Waals surface area contributed by atoms with Crippen LogP contribution in [-0.2, 0) is 0 Å². The molecule has 0 radical (unpaired) electrons. The van der Waals surface area contributed by atoms with E-state index < -0.39 is 0 Å². The van der Waals surface area contributed by atoms with Gasteiger partial charge in [0.05, 0.1) is 0 Å². The van der Waals surface area contributed by atoms with E-state index in [4.69, 9.17) is 0 Å². The maximum atomic E-state index is 13.0. The molecular weight excluding hydrogens is 189 g/mol. The normalized spacial score (nSPS) is 17.7. The van der Waals surface area contributed by atoms with Crippen molar-refractivity contribution in [3.63, 3.8) is 0 Å². The van der Waals surface area contributed by atoms with Gasteiger partial charge in [-0.2, -0.15) is 0 Å². The summed E-state index contributed by atoms with van der Waals surface area (Å²) >= 11 is 0. The van der Waals surface area contributed by atoms with E-state index in [9.17, 15) is 4.39 Å². The largest absolute Gasteiger partial charge is 0.321 e. The summed E-state index contributed by atoms with van der Waals surface area (Å²) in [4.78, 5) is 0. The van der Waals surface area contributed by atoms with Gasteiger partial charge in [0.25, 0.3) is 0 Å². The van der Waals surface area contributed by atoms with Crippen molar-refractivity contribution >= 4 is 5.52 Å². The molecule has 3 rings (SSSR count). The van der Waals surface area contributed by atoms with Gasteiger partial charge in [-0.25, -0.2) is 4.39 Å². The van der Waals surface area contributed by atoms with Crippen molar-refractivity contribution < 1.29 is 4.39 Å². The van der Waals surface area contributed by atoms with Gasteiger partial charge in [0.15, 0.2) is 0 Å². The van der Waals surface area contributed by atoms with Crippen molar-refractivity contribution in [1.29, 1.82) is 0 Å². The lowest BCUT2D eigenvalue weighted by Gasteiger charge is -2.03. The summed E-state index contributed by atoms with van der Waals surface area (Å²) in [5.41, 5.74) is 2.47. The Balaban J connectivity index is 2.05. The highest BCUT2D eigenvalue weighted by Gasteiger charge is 2.18. The van der Waals surface area contributed by atoms with Crippen LogP contribution < -0.4 is 0 Å². The first-order valence-electron chi connectivity index (χ1n) is 5.60. The molecule has 2 aromatic heterocycles. The van der Waals surface area contributed by atoms with Crippen LogP contribution in [0.2, 0.25) is 0 Å². The van der Waals surface area contributed by atoms with Crippen LogP contribution in [0.4, 0.5) is 4.39 Å². The Labute approximate surface area is 88.5 Å². The van der Waals surface area contributed by atoms with Crippen LogP contribution in [-0.4, -0.2) is 4.40 Å². The van der Waals surface area contributed by atoms with Crippen molar-refractivity contribution in [2.75, 3.05) is 0 Å². The van der Waals surface area contributed by atoms with Gasteiger partial charge < -0.3 is 4.40 Å².